The first-order valence-corrected chi connectivity index (χ1v) is 8.00. The Bertz CT molecular complexity index is 671. The third kappa shape index (κ3) is 3.08. The molecule has 5 heteroatoms. The largest absolute Gasteiger partial charge is 0.481 e. The number of nitrogens with zero attached hydrogens (tertiary/aromatic N) is 1. The van der Waals surface area contributed by atoms with Crippen molar-refractivity contribution in [2.45, 2.75) is 19.3 Å². The summed E-state index contributed by atoms with van der Waals surface area (Å²) in [7, 11) is 0. The van der Waals surface area contributed by atoms with Crippen LogP contribution in [0.4, 0.5) is 0 Å². The van der Waals surface area contributed by atoms with Crippen molar-refractivity contribution in [2.75, 3.05) is 13.1 Å². The molecule has 1 fully saturated rings. The van der Waals surface area contributed by atoms with Crippen molar-refractivity contribution in [3.05, 3.63) is 35.2 Å². The summed E-state index contributed by atoms with van der Waals surface area (Å²) >= 11 is 1.67. The van der Waals surface area contributed by atoms with Crippen LogP contribution in [0.15, 0.2) is 29.6 Å². The van der Waals surface area contributed by atoms with E-state index in [1.165, 1.54) is 4.70 Å². The number of benzene rings is 1. The fourth-order valence-electron chi connectivity index (χ4n) is 2.87. The van der Waals surface area contributed by atoms with Crippen LogP contribution in [0, 0.1) is 5.92 Å². The van der Waals surface area contributed by atoms with Crippen molar-refractivity contribution in [2.24, 2.45) is 5.92 Å². The molecule has 1 aliphatic rings. The topological polar surface area (TPSA) is 57.6 Å². The van der Waals surface area contributed by atoms with E-state index in [-0.39, 0.29) is 18.2 Å². The molecular formula is C16H17NO3S. The number of hydrogen-bond donors (Lipinski definition) is 1. The summed E-state index contributed by atoms with van der Waals surface area (Å²) in [5.74, 6) is -0.495. The smallest absolute Gasteiger partial charge is 0.303 e. The number of carbonyl (C=O) groups is 2. The number of thiophene rings is 1. The third-order valence-corrected chi connectivity index (χ3v) is 4.96. The van der Waals surface area contributed by atoms with Gasteiger partial charge in [-0.2, -0.15) is 0 Å². The Morgan fingerprint density at radius 3 is 2.71 bits per heavy atom. The number of rotatable bonds is 3. The average Bonchev–Trinajstić information content (AvgIpc) is 2.94. The lowest BCUT2D eigenvalue weighted by Gasteiger charge is -2.31. The summed E-state index contributed by atoms with van der Waals surface area (Å²) in [6.07, 6.45) is 1.76. The van der Waals surface area contributed by atoms with Crippen LogP contribution in [-0.4, -0.2) is 35.0 Å². The Kier molecular flexibility index (Phi) is 3.92. The lowest BCUT2D eigenvalue weighted by Crippen LogP contribution is -2.38. The Morgan fingerprint density at radius 2 is 2.00 bits per heavy atom. The number of carbonyl (C=O) groups excluding carboxylic acids is 1. The zero-order chi connectivity index (χ0) is 14.8. The van der Waals surface area contributed by atoms with E-state index in [1.807, 2.05) is 34.5 Å². The quantitative estimate of drug-likeness (QED) is 0.947. The highest BCUT2D eigenvalue weighted by atomic mass is 32.1. The summed E-state index contributed by atoms with van der Waals surface area (Å²) in [6, 6.07) is 7.84. The zero-order valence-electron chi connectivity index (χ0n) is 11.6. The maximum absolute atomic E-state index is 12.5. The zero-order valence-corrected chi connectivity index (χ0v) is 12.4. The van der Waals surface area contributed by atoms with Gasteiger partial charge in [0.1, 0.15) is 0 Å². The van der Waals surface area contributed by atoms with Gasteiger partial charge in [0.2, 0.25) is 0 Å². The van der Waals surface area contributed by atoms with E-state index in [2.05, 4.69) is 0 Å². The molecule has 2 aromatic rings. The molecule has 0 aliphatic carbocycles. The molecule has 0 unspecified atom stereocenters. The first-order valence-electron chi connectivity index (χ1n) is 7.12. The summed E-state index contributed by atoms with van der Waals surface area (Å²) < 4.78 is 1.19. The number of aliphatic carboxylic acids is 1. The van der Waals surface area contributed by atoms with E-state index in [0.717, 1.165) is 23.8 Å². The lowest BCUT2D eigenvalue weighted by atomic mass is 9.93. The number of likely N-dealkylation sites (tertiary alicyclic amines) is 1. The van der Waals surface area contributed by atoms with Crippen LogP contribution in [0.2, 0.25) is 0 Å². The fourth-order valence-corrected chi connectivity index (χ4v) is 3.64. The van der Waals surface area contributed by atoms with Gasteiger partial charge in [0.15, 0.2) is 0 Å². The molecule has 0 radical (unpaired) electrons. The number of fused-ring (bicyclic) bond motifs is 1. The minimum atomic E-state index is -0.748. The highest BCUT2D eigenvalue weighted by Gasteiger charge is 2.25. The van der Waals surface area contributed by atoms with Crippen molar-refractivity contribution in [1.82, 2.24) is 4.90 Å². The van der Waals surface area contributed by atoms with E-state index in [1.54, 1.807) is 11.3 Å². The van der Waals surface area contributed by atoms with Crippen LogP contribution in [0.5, 0.6) is 0 Å². The number of piperidine rings is 1. The van der Waals surface area contributed by atoms with Crippen LogP contribution >= 0.6 is 11.3 Å². The molecule has 0 bridgehead atoms. The molecule has 1 amide bonds. The van der Waals surface area contributed by atoms with Crippen molar-refractivity contribution in [3.63, 3.8) is 0 Å². The van der Waals surface area contributed by atoms with Crippen LogP contribution < -0.4 is 0 Å². The van der Waals surface area contributed by atoms with Gasteiger partial charge in [-0.25, -0.2) is 0 Å². The van der Waals surface area contributed by atoms with Crippen LogP contribution in [0.25, 0.3) is 10.1 Å². The molecule has 21 heavy (non-hydrogen) atoms. The third-order valence-electron chi connectivity index (χ3n) is 4.06. The molecule has 1 aromatic carbocycles. The summed E-state index contributed by atoms with van der Waals surface area (Å²) in [5.41, 5.74) is 0.720. The number of amides is 1. The number of carboxylic acids is 1. The molecule has 0 saturated carbocycles. The Labute approximate surface area is 127 Å². The second-order valence-corrected chi connectivity index (χ2v) is 6.45. The molecule has 1 saturated heterocycles. The first-order chi connectivity index (χ1) is 10.1. The van der Waals surface area contributed by atoms with Gasteiger partial charge in [0.25, 0.3) is 5.91 Å². The Balaban J connectivity index is 1.67. The second-order valence-electron chi connectivity index (χ2n) is 5.51. The second kappa shape index (κ2) is 5.85. The molecular weight excluding hydrogens is 286 g/mol. The molecule has 0 atom stereocenters. The molecule has 110 valence electrons. The van der Waals surface area contributed by atoms with Crippen LogP contribution in [-0.2, 0) is 4.79 Å². The standard InChI is InChI=1S/C16H17NO3S/c18-15(19)9-11-3-6-17(7-4-11)16(20)13-1-2-14-12(10-13)5-8-21-14/h1-2,5,8,10-11H,3-4,6-7,9H2,(H,18,19). The number of hydrogen-bond acceptors (Lipinski definition) is 3. The minimum absolute atomic E-state index is 0.0527. The van der Waals surface area contributed by atoms with Crippen molar-refractivity contribution in [1.29, 1.82) is 0 Å². The van der Waals surface area contributed by atoms with E-state index >= 15 is 0 Å². The predicted octanol–water partition coefficient (Wildman–Crippen LogP) is 3.23. The minimum Gasteiger partial charge on any atom is -0.481 e. The molecule has 1 N–H and O–H groups in total. The van der Waals surface area contributed by atoms with Gasteiger partial charge >= 0.3 is 5.97 Å². The van der Waals surface area contributed by atoms with Gasteiger partial charge in [-0.3, -0.25) is 9.59 Å². The van der Waals surface area contributed by atoms with Crippen molar-refractivity contribution < 1.29 is 14.7 Å². The summed E-state index contributed by atoms with van der Waals surface area (Å²) in [6.45, 7) is 1.30. The molecule has 0 spiro atoms. The fraction of sp³-hybridized carbons (Fsp3) is 0.375. The normalized spacial score (nSPS) is 16.3. The number of carboxylic acid groups (broad SMARTS) is 1. The van der Waals surface area contributed by atoms with E-state index in [0.29, 0.717) is 13.1 Å². The maximum atomic E-state index is 12.5. The van der Waals surface area contributed by atoms with Crippen molar-refractivity contribution >= 4 is 33.3 Å². The maximum Gasteiger partial charge on any atom is 0.303 e. The molecule has 2 heterocycles. The van der Waals surface area contributed by atoms with Gasteiger partial charge in [-0.15, -0.1) is 11.3 Å². The van der Waals surface area contributed by atoms with E-state index < -0.39 is 5.97 Å². The van der Waals surface area contributed by atoms with Gasteiger partial charge < -0.3 is 10.0 Å². The summed E-state index contributed by atoms with van der Waals surface area (Å²) in [5, 5.41) is 11.9. The Hall–Kier alpha value is -1.88. The highest BCUT2D eigenvalue weighted by molar-refractivity contribution is 7.17. The van der Waals surface area contributed by atoms with Crippen LogP contribution in [0.1, 0.15) is 29.6 Å². The van der Waals surface area contributed by atoms with Gasteiger partial charge in [0.05, 0.1) is 0 Å². The summed E-state index contributed by atoms with van der Waals surface area (Å²) in [4.78, 5) is 25.1. The van der Waals surface area contributed by atoms with E-state index in [9.17, 15) is 9.59 Å². The SMILES string of the molecule is O=C(O)CC1CCN(C(=O)c2ccc3sccc3c2)CC1. The van der Waals surface area contributed by atoms with Gasteiger partial charge in [0, 0.05) is 29.8 Å². The first kappa shape index (κ1) is 14.1. The average molecular weight is 303 g/mol. The van der Waals surface area contributed by atoms with E-state index in [4.69, 9.17) is 5.11 Å². The predicted molar refractivity (Wildman–Crippen MR) is 82.7 cm³/mol. The Morgan fingerprint density at radius 1 is 1.24 bits per heavy atom. The van der Waals surface area contributed by atoms with Crippen molar-refractivity contribution in [3.8, 4) is 0 Å². The lowest BCUT2D eigenvalue weighted by molar-refractivity contribution is -0.138. The molecule has 1 aliphatic heterocycles. The molecule has 1 aromatic heterocycles. The van der Waals surface area contributed by atoms with Gasteiger partial charge in [-0.05, 0) is 53.8 Å². The highest BCUT2D eigenvalue weighted by Crippen LogP contribution is 2.25. The molecule has 4 nitrogen and oxygen atoms in total. The van der Waals surface area contributed by atoms with Gasteiger partial charge in [-0.1, -0.05) is 0 Å². The monoisotopic (exact) mass is 303 g/mol. The molecule has 3 rings (SSSR count). The van der Waals surface area contributed by atoms with Crippen LogP contribution in [0.3, 0.4) is 0 Å².